The van der Waals surface area contributed by atoms with E-state index < -0.39 is 5.60 Å². The van der Waals surface area contributed by atoms with Gasteiger partial charge in [-0.05, 0) is 66.2 Å². The number of piperidine rings is 1. The lowest BCUT2D eigenvalue weighted by Crippen LogP contribution is -2.51. The maximum absolute atomic E-state index is 12.6. The van der Waals surface area contributed by atoms with Gasteiger partial charge >= 0.3 is 6.09 Å². The molecule has 0 radical (unpaired) electrons. The zero-order valence-corrected chi connectivity index (χ0v) is 24.7. The number of likely N-dealkylation sites (tertiary alicyclic amines) is 1. The molecule has 1 unspecified atom stereocenters. The van der Waals surface area contributed by atoms with Gasteiger partial charge in [0.05, 0.1) is 18.5 Å². The molecule has 12 heteroatoms. The molecule has 3 aromatic heterocycles. The lowest BCUT2D eigenvalue weighted by molar-refractivity contribution is -0.0394. The van der Waals surface area contributed by atoms with Gasteiger partial charge < -0.3 is 24.0 Å². The minimum absolute atomic E-state index is 0.0592. The molecule has 40 heavy (non-hydrogen) atoms. The number of hydrogen-bond donors (Lipinski definition) is 0. The first-order chi connectivity index (χ1) is 19.0. The Balaban J connectivity index is 1.39. The summed E-state index contributed by atoms with van der Waals surface area (Å²) in [6.07, 6.45) is 8.99. The highest BCUT2D eigenvalue weighted by Gasteiger charge is 2.34. The number of amides is 1. The fourth-order valence-electron chi connectivity index (χ4n) is 5.40. The molecule has 3 aromatic rings. The average molecular weight is 555 g/mol. The van der Waals surface area contributed by atoms with E-state index in [2.05, 4.69) is 16.9 Å². The average Bonchev–Trinajstić information content (AvgIpc) is 3.56. The molecule has 218 valence electrons. The maximum Gasteiger partial charge on any atom is 0.410 e. The van der Waals surface area contributed by atoms with Crippen molar-refractivity contribution in [2.24, 2.45) is 5.92 Å². The van der Waals surface area contributed by atoms with E-state index in [1.807, 2.05) is 52.5 Å². The molecule has 0 aliphatic carbocycles. The molecular formula is C28H42N8O4. The Morgan fingerprint density at radius 1 is 1.20 bits per heavy atom. The monoisotopic (exact) mass is 554 g/mol. The summed E-state index contributed by atoms with van der Waals surface area (Å²) in [5.41, 5.74) is 1.57. The molecule has 5 heterocycles. The van der Waals surface area contributed by atoms with Crippen LogP contribution in [0.25, 0.3) is 16.9 Å². The van der Waals surface area contributed by atoms with Gasteiger partial charge in [-0.1, -0.05) is 6.92 Å². The molecule has 3 atom stereocenters. The van der Waals surface area contributed by atoms with Gasteiger partial charge in [-0.15, -0.1) is 5.10 Å². The molecule has 0 N–H and O–H groups in total. The summed E-state index contributed by atoms with van der Waals surface area (Å²) in [5.74, 6) is 1.31. The first kappa shape index (κ1) is 28.1. The van der Waals surface area contributed by atoms with Crippen molar-refractivity contribution in [3.63, 3.8) is 0 Å². The molecule has 0 spiro atoms. The van der Waals surface area contributed by atoms with Crippen molar-refractivity contribution in [2.45, 2.75) is 91.2 Å². The van der Waals surface area contributed by atoms with Crippen LogP contribution in [0.5, 0.6) is 5.88 Å². The Kier molecular flexibility index (Phi) is 7.89. The highest BCUT2D eigenvalue weighted by molar-refractivity contribution is 5.68. The van der Waals surface area contributed by atoms with Crippen LogP contribution in [0.1, 0.15) is 73.5 Å². The van der Waals surface area contributed by atoms with Crippen LogP contribution in [0, 0.1) is 5.92 Å². The van der Waals surface area contributed by atoms with Gasteiger partial charge in [-0.25, -0.2) is 14.5 Å². The summed E-state index contributed by atoms with van der Waals surface area (Å²) in [6.45, 7) is 13.7. The van der Waals surface area contributed by atoms with E-state index in [4.69, 9.17) is 29.3 Å². The van der Waals surface area contributed by atoms with E-state index in [1.165, 1.54) is 0 Å². The normalized spacial score (nSPS) is 22.1. The fraction of sp³-hybridized carbons (Fsp3) is 0.679. The highest BCUT2D eigenvalue weighted by atomic mass is 16.6. The zero-order chi connectivity index (χ0) is 28.6. The summed E-state index contributed by atoms with van der Waals surface area (Å²) in [7, 11) is 2.00. The Morgan fingerprint density at radius 2 is 2.00 bits per heavy atom. The predicted octanol–water partition coefficient (Wildman–Crippen LogP) is 4.56. The summed E-state index contributed by atoms with van der Waals surface area (Å²) in [5, 5.41) is 9.43. The van der Waals surface area contributed by atoms with Crippen molar-refractivity contribution in [2.75, 3.05) is 31.6 Å². The van der Waals surface area contributed by atoms with E-state index >= 15 is 0 Å². The number of hydrogen-bond acceptors (Lipinski definition) is 9. The Morgan fingerprint density at radius 3 is 2.67 bits per heavy atom. The molecule has 0 aromatic carbocycles. The number of nitrogens with zero attached hydrogens (tertiary/aromatic N) is 8. The van der Waals surface area contributed by atoms with Gasteiger partial charge in [0.2, 0.25) is 11.8 Å². The van der Waals surface area contributed by atoms with Crippen LogP contribution in [0.4, 0.5) is 10.7 Å². The smallest absolute Gasteiger partial charge is 0.410 e. The van der Waals surface area contributed by atoms with Gasteiger partial charge in [-0.3, -0.25) is 0 Å². The predicted molar refractivity (Wildman–Crippen MR) is 150 cm³/mol. The van der Waals surface area contributed by atoms with Crippen LogP contribution in [0.3, 0.4) is 0 Å². The minimum atomic E-state index is -0.514. The number of fused-ring (bicyclic) bond motifs is 1. The number of ether oxygens (including phenoxy) is 3. The Bertz CT molecular complexity index is 1320. The van der Waals surface area contributed by atoms with Crippen LogP contribution in [0.15, 0.2) is 18.6 Å². The lowest BCUT2D eigenvalue weighted by Gasteiger charge is -2.41. The van der Waals surface area contributed by atoms with E-state index in [0.717, 1.165) is 37.9 Å². The van der Waals surface area contributed by atoms with Gasteiger partial charge in [0.15, 0.2) is 5.65 Å². The molecule has 2 fully saturated rings. The standard InChI is InChI=1S/C28H42N8O4/c1-18(2)39-25-24(20-14-30-35(17-20)23-10-8-9-13-38-23)29-15-22-31-26(32-36(22)25)33(7)21-11-12-34(16-19(21)3)27(37)40-28(4,5)6/h14-15,17-19,21,23H,8-13,16H2,1-7H3/t19-,21+,23?/m1/s1. The van der Waals surface area contributed by atoms with E-state index in [-0.39, 0.29) is 30.4 Å². The van der Waals surface area contributed by atoms with Crippen LogP contribution in [-0.4, -0.2) is 84.8 Å². The van der Waals surface area contributed by atoms with Crippen molar-refractivity contribution in [3.8, 4) is 17.1 Å². The molecule has 1 amide bonds. The first-order valence-corrected chi connectivity index (χ1v) is 14.3. The lowest BCUT2D eigenvalue weighted by atomic mass is 9.93. The third-order valence-electron chi connectivity index (χ3n) is 7.32. The Labute approximate surface area is 235 Å². The molecule has 2 saturated heterocycles. The Hall–Kier alpha value is -3.41. The van der Waals surface area contributed by atoms with Crippen molar-refractivity contribution in [3.05, 3.63) is 18.6 Å². The second-order valence-corrected chi connectivity index (χ2v) is 12.2. The quantitative estimate of drug-likeness (QED) is 0.433. The molecule has 0 bridgehead atoms. The molecular weight excluding hydrogens is 512 g/mol. The van der Waals surface area contributed by atoms with Gasteiger partial charge in [0.1, 0.15) is 17.5 Å². The third kappa shape index (κ3) is 6.01. The van der Waals surface area contributed by atoms with Crippen LogP contribution >= 0.6 is 0 Å². The molecule has 5 rings (SSSR count). The van der Waals surface area contributed by atoms with Crippen LogP contribution < -0.4 is 9.64 Å². The number of aromatic nitrogens is 6. The molecule has 12 nitrogen and oxygen atoms in total. The number of carbonyl (C=O) groups is 1. The zero-order valence-electron chi connectivity index (χ0n) is 24.7. The second kappa shape index (κ2) is 11.2. The third-order valence-corrected chi connectivity index (χ3v) is 7.32. The SMILES string of the molecule is CC(C)Oc1c(-c2cnn(C3CCCCO3)c2)ncc2nc(N(C)[C@H]3CCN(C(=O)OC(C)(C)C)C[C@H]3C)nn12. The summed E-state index contributed by atoms with van der Waals surface area (Å²) < 4.78 is 21.3. The van der Waals surface area contributed by atoms with Gasteiger partial charge in [0.25, 0.3) is 0 Å². The molecule has 2 aliphatic heterocycles. The number of rotatable bonds is 6. The molecule has 2 aliphatic rings. The van der Waals surface area contributed by atoms with Crippen LogP contribution in [-0.2, 0) is 9.47 Å². The van der Waals surface area contributed by atoms with E-state index in [0.29, 0.717) is 36.3 Å². The van der Waals surface area contributed by atoms with Gasteiger partial charge in [-0.2, -0.15) is 14.6 Å². The fourth-order valence-corrected chi connectivity index (χ4v) is 5.40. The summed E-state index contributed by atoms with van der Waals surface area (Å²) >= 11 is 0. The number of anilines is 1. The highest BCUT2D eigenvalue weighted by Crippen LogP contribution is 2.32. The van der Waals surface area contributed by atoms with Crippen molar-refractivity contribution < 1.29 is 19.0 Å². The first-order valence-electron chi connectivity index (χ1n) is 14.3. The van der Waals surface area contributed by atoms with E-state index in [1.54, 1.807) is 21.8 Å². The van der Waals surface area contributed by atoms with Crippen LogP contribution in [0.2, 0.25) is 0 Å². The van der Waals surface area contributed by atoms with Crippen molar-refractivity contribution >= 4 is 17.7 Å². The maximum atomic E-state index is 12.6. The second-order valence-electron chi connectivity index (χ2n) is 12.2. The van der Waals surface area contributed by atoms with E-state index in [9.17, 15) is 4.79 Å². The number of carbonyl (C=O) groups excluding carboxylic acids is 1. The molecule has 0 saturated carbocycles. The summed E-state index contributed by atoms with van der Waals surface area (Å²) in [4.78, 5) is 26.0. The van der Waals surface area contributed by atoms with Crippen molar-refractivity contribution in [1.29, 1.82) is 0 Å². The minimum Gasteiger partial charge on any atom is -0.473 e. The van der Waals surface area contributed by atoms with Gasteiger partial charge in [0, 0.05) is 44.5 Å². The van der Waals surface area contributed by atoms with Crippen molar-refractivity contribution in [1.82, 2.24) is 34.3 Å². The largest absolute Gasteiger partial charge is 0.473 e. The topological polar surface area (TPSA) is 112 Å². The summed E-state index contributed by atoms with van der Waals surface area (Å²) in [6, 6.07) is 0.159.